The number of alkyl halides is 1. The average Bonchev–Trinajstić information content (AvgIpc) is 2.31. The first kappa shape index (κ1) is 14.4. The van der Waals surface area contributed by atoms with Gasteiger partial charge in [0.1, 0.15) is 0 Å². The molecule has 0 spiro atoms. The van der Waals surface area contributed by atoms with Crippen LogP contribution >= 0.6 is 55.1 Å². The van der Waals surface area contributed by atoms with E-state index in [9.17, 15) is 0 Å². The van der Waals surface area contributed by atoms with Gasteiger partial charge in [0.15, 0.2) is 0 Å². The number of hydrogen-bond donors (Lipinski definition) is 0. The molecule has 94 valence electrons. The molecule has 1 unspecified atom stereocenters. The molecule has 0 saturated carbocycles. The van der Waals surface area contributed by atoms with Gasteiger partial charge < -0.3 is 0 Å². The highest BCUT2D eigenvalue weighted by atomic mass is 79.9. The third-order valence-corrected chi connectivity index (χ3v) is 4.19. The highest BCUT2D eigenvalue weighted by Crippen LogP contribution is 2.30. The quantitative estimate of drug-likeness (QED) is 0.516. The molecular formula is C14H10Br2Cl2. The smallest absolute Gasteiger partial charge is 0.0626 e. The van der Waals surface area contributed by atoms with Crippen molar-refractivity contribution in [1.82, 2.24) is 0 Å². The van der Waals surface area contributed by atoms with Crippen molar-refractivity contribution in [2.24, 2.45) is 0 Å². The summed E-state index contributed by atoms with van der Waals surface area (Å²) in [6.45, 7) is 0. The first-order valence-electron chi connectivity index (χ1n) is 5.39. The van der Waals surface area contributed by atoms with Gasteiger partial charge in [0.05, 0.1) is 5.38 Å². The molecule has 0 aromatic heterocycles. The van der Waals surface area contributed by atoms with Crippen LogP contribution in [0.25, 0.3) is 0 Å². The van der Waals surface area contributed by atoms with Crippen LogP contribution in [-0.4, -0.2) is 0 Å². The Hall–Kier alpha value is -0.0200. The Labute approximate surface area is 134 Å². The molecule has 2 aromatic rings. The molecule has 18 heavy (non-hydrogen) atoms. The second-order valence-corrected chi connectivity index (χ2v) is 6.80. The van der Waals surface area contributed by atoms with Crippen molar-refractivity contribution >= 4 is 55.1 Å². The summed E-state index contributed by atoms with van der Waals surface area (Å²) < 4.78 is 2.02. The van der Waals surface area contributed by atoms with Crippen molar-refractivity contribution < 1.29 is 0 Å². The molecule has 0 radical (unpaired) electrons. The van der Waals surface area contributed by atoms with E-state index in [1.54, 1.807) is 0 Å². The molecule has 0 aliphatic heterocycles. The second-order valence-electron chi connectivity index (χ2n) is 4.00. The highest BCUT2D eigenvalue weighted by Gasteiger charge is 2.10. The van der Waals surface area contributed by atoms with E-state index in [0.29, 0.717) is 5.02 Å². The molecule has 0 bridgehead atoms. The Morgan fingerprint density at radius 1 is 0.944 bits per heavy atom. The normalized spacial score (nSPS) is 12.4. The van der Waals surface area contributed by atoms with Crippen LogP contribution < -0.4 is 0 Å². The van der Waals surface area contributed by atoms with Crippen LogP contribution in [0.1, 0.15) is 16.5 Å². The van der Waals surface area contributed by atoms with Crippen molar-refractivity contribution in [3.63, 3.8) is 0 Å². The fourth-order valence-corrected chi connectivity index (χ4v) is 3.16. The van der Waals surface area contributed by atoms with Crippen LogP contribution in [0, 0.1) is 0 Å². The first-order chi connectivity index (χ1) is 8.54. The van der Waals surface area contributed by atoms with Gasteiger partial charge in [0, 0.05) is 14.0 Å². The Morgan fingerprint density at radius 2 is 1.61 bits per heavy atom. The second kappa shape index (κ2) is 6.42. The van der Waals surface area contributed by atoms with Crippen LogP contribution in [0.3, 0.4) is 0 Å². The summed E-state index contributed by atoms with van der Waals surface area (Å²) in [5, 5.41) is 0.613. The van der Waals surface area contributed by atoms with E-state index in [-0.39, 0.29) is 5.38 Å². The predicted molar refractivity (Wildman–Crippen MR) is 85.6 cm³/mol. The lowest BCUT2D eigenvalue weighted by Gasteiger charge is -2.11. The van der Waals surface area contributed by atoms with Gasteiger partial charge in [-0.1, -0.05) is 55.6 Å². The number of hydrogen-bond acceptors (Lipinski definition) is 0. The van der Waals surface area contributed by atoms with Crippen LogP contribution in [0.15, 0.2) is 51.4 Å². The van der Waals surface area contributed by atoms with Crippen molar-refractivity contribution in [1.29, 1.82) is 0 Å². The largest absolute Gasteiger partial charge is 0.117 e. The zero-order chi connectivity index (χ0) is 13.1. The molecule has 1 atom stereocenters. The molecule has 4 heteroatoms. The fourth-order valence-electron chi connectivity index (χ4n) is 1.70. The Kier molecular flexibility index (Phi) is 5.14. The van der Waals surface area contributed by atoms with E-state index < -0.39 is 0 Å². The van der Waals surface area contributed by atoms with Crippen molar-refractivity contribution in [2.75, 3.05) is 0 Å². The van der Waals surface area contributed by atoms with Gasteiger partial charge in [-0.05, 0) is 47.9 Å². The molecule has 0 fully saturated rings. The topological polar surface area (TPSA) is 0 Å². The molecule has 0 nitrogen and oxygen atoms in total. The summed E-state index contributed by atoms with van der Waals surface area (Å²) in [6.07, 6.45) is 0.779. The average molecular weight is 409 g/mol. The summed E-state index contributed by atoms with van der Waals surface area (Å²) in [6, 6.07) is 13.9. The van der Waals surface area contributed by atoms with Crippen molar-refractivity contribution in [2.45, 2.75) is 11.8 Å². The number of benzene rings is 2. The van der Waals surface area contributed by atoms with E-state index in [2.05, 4.69) is 44.0 Å². The van der Waals surface area contributed by atoms with Gasteiger partial charge in [0.25, 0.3) is 0 Å². The molecule has 2 rings (SSSR count). The summed E-state index contributed by atoms with van der Waals surface area (Å²) in [4.78, 5) is 0. The molecule has 0 amide bonds. The van der Waals surface area contributed by atoms with Gasteiger partial charge in [0.2, 0.25) is 0 Å². The summed E-state index contributed by atoms with van der Waals surface area (Å²) >= 11 is 19.3. The maximum Gasteiger partial charge on any atom is 0.0626 e. The molecule has 2 aromatic carbocycles. The Morgan fingerprint density at radius 3 is 2.22 bits per heavy atom. The molecule has 0 N–H and O–H groups in total. The van der Waals surface area contributed by atoms with Gasteiger partial charge in [-0.3, -0.25) is 0 Å². The summed E-state index contributed by atoms with van der Waals surface area (Å²) in [7, 11) is 0. The van der Waals surface area contributed by atoms with Gasteiger partial charge in [-0.25, -0.2) is 0 Å². The zero-order valence-corrected chi connectivity index (χ0v) is 14.0. The molecule has 0 heterocycles. The molecular weight excluding hydrogens is 399 g/mol. The van der Waals surface area contributed by atoms with Gasteiger partial charge >= 0.3 is 0 Å². The zero-order valence-electron chi connectivity index (χ0n) is 9.34. The van der Waals surface area contributed by atoms with E-state index in [4.69, 9.17) is 23.2 Å². The van der Waals surface area contributed by atoms with Crippen LogP contribution in [0.2, 0.25) is 5.02 Å². The maximum atomic E-state index is 6.43. The number of rotatable bonds is 3. The standard InChI is InChI=1S/C14H10Br2Cl2/c15-11-3-1-9(2-4-11)5-14(18)10-6-12(16)8-13(17)7-10/h1-4,6-8,14H,5H2. The lowest BCUT2D eigenvalue weighted by molar-refractivity contribution is 0.918. The van der Waals surface area contributed by atoms with Crippen molar-refractivity contribution in [3.8, 4) is 0 Å². The van der Waals surface area contributed by atoms with E-state index >= 15 is 0 Å². The minimum atomic E-state index is -0.0822. The molecule has 0 saturated heterocycles. The Bertz CT molecular complexity index is 518. The Balaban J connectivity index is 2.16. The SMILES string of the molecule is Clc1cc(Br)cc(C(Cl)Cc2ccc(Br)cc2)c1. The van der Waals surface area contributed by atoms with Crippen molar-refractivity contribution in [3.05, 3.63) is 67.6 Å². The van der Waals surface area contributed by atoms with Crippen LogP contribution in [0.4, 0.5) is 0 Å². The minimum Gasteiger partial charge on any atom is -0.117 e. The van der Waals surface area contributed by atoms with Crippen LogP contribution in [0.5, 0.6) is 0 Å². The fraction of sp³-hybridized carbons (Fsp3) is 0.143. The van der Waals surface area contributed by atoms with Gasteiger partial charge in [-0.2, -0.15) is 0 Å². The lowest BCUT2D eigenvalue weighted by Crippen LogP contribution is -1.96. The maximum absolute atomic E-state index is 6.43. The third kappa shape index (κ3) is 3.99. The van der Waals surface area contributed by atoms with Gasteiger partial charge in [-0.15, -0.1) is 11.6 Å². The lowest BCUT2D eigenvalue weighted by atomic mass is 10.0. The third-order valence-electron chi connectivity index (χ3n) is 2.57. The van der Waals surface area contributed by atoms with E-state index in [1.165, 1.54) is 5.56 Å². The molecule has 0 aliphatic carbocycles. The monoisotopic (exact) mass is 406 g/mol. The number of halogens is 4. The predicted octanol–water partition coefficient (Wildman–Crippen LogP) is 6.39. The van der Waals surface area contributed by atoms with E-state index in [0.717, 1.165) is 20.9 Å². The highest BCUT2D eigenvalue weighted by molar-refractivity contribution is 9.10. The minimum absolute atomic E-state index is 0.0822. The summed E-state index contributed by atoms with van der Waals surface area (Å²) in [5.74, 6) is 0. The first-order valence-corrected chi connectivity index (χ1v) is 7.79. The van der Waals surface area contributed by atoms with E-state index in [1.807, 2.05) is 30.3 Å². The van der Waals surface area contributed by atoms with Crippen LogP contribution in [-0.2, 0) is 6.42 Å². The summed E-state index contributed by atoms with van der Waals surface area (Å²) in [5.41, 5.74) is 2.23. The molecule has 0 aliphatic rings.